The number of nitrogens with zero attached hydrogens (tertiary/aromatic N) is 2. The summed E-state index contributed by atoms with van der Waals surface area (Å²) >= 11 is 0. The van der Waals surface area contributed by atoms with E-state index in [1.165, 1.54) is 0 Å². The third-order valence-corrected chi connectivity index (χ3v) is 3.43. The minimum absolute atomic E-state index is 0.0746. The molecule has 1 amide bonds. The van der Waals surface area contributed by atoms with Crippen molar-refractivity contribution in [1.82, 2.24) is 4.90 Å². The quantitative estimate of drug-likeness (QED) is 0.675. The van der Waals surface area contributed by atoms with Gasteiger partial charge in [0.25, 0.3) is 0 Å². The predicted molar refractivity (Wildman–Crippen MR) is 68.5 cm³/mol. The molecule has 1 spiro atoms. The number of carbonyl (C=O) groups is 1. The molecule has 1 aliphatic carbocycles. The lowest BCUT2D eigenvalue weighted by atomic mass is 9.93. The van der Waals surface area contributed by atoms with E-state index in [4.69, 9.17) is 9.57 Å². The third-order valence-electron chi connectivity index (χ3n) is 3.43. The number of piperidine rings is 1. The van der Waals surface area contributed by atoms with E-state index < -0.39 is 5.60 Å². The van der Waals surface area contributed by atoms with E-state index in [1.807, 2.05) is 20.8 Å². The van der Waals surface area contributed by atoms with E-state index in [-0.39, 0.29) is 11.5 Å². The van der Waals surface area contributed by atoms with Gasteiger partial charge in [-0.05, 0) is 33.6 Å². The summed E-state index contributed by atoms with van der Waals surface area (Å²) in [6.45, 7) is 7.04. The maximum absolute atomic E-state index is 12.0. The molecule has 0 bridgehead atoms. The van der Waals surface area contributed by atoms with E-state index >= 15 is 0 Å². The van der Waals surface area contributed by atoms with Crippen LogP contribution in [0.1, 0.15) is 40.0 Å². The van der Waals surface area contributed by atoms with Gasteiger partial charge in [0, 0.05) is 24.9 Å². The van der Waals surface area contributed by atoms with Gasteiger partial charge in [0.05, 0.1) is 5.71 Å². The summed E-state index contributed by atoms with van der Waals surface area (Å²) in [5, 5.41) is 4.11. The maximum atomic E-state index is 12.0. The summed E-state index contributed by atoms with van der Waals surface area (Å²) in [7, 11) is 1.57. The highest BCUT2D eigenvalue weighted by Gasteiger charge is 2.52. The standard InChI is InChI=1S/C13H22N2O3/c1-12(2,3)18-11(16)15-8-5-10(14-17-4)13(9-15)6-7-13/h5-9H2,1-4H3. The lowest BCUT2D eigenvalue weighted by Crippen LogP contribution is -2.47. The fourth-order valence-corrected chi connectivity index (χ4v) is 2.37. The van der Waals surface area contributed by atoms with E-state index in [0.29, 0.717) is 13.1 Å². The number of ether oxygens (including phenoxy) is 1. The second kappa shape index (κ2) is 4.44. The van der Waals surface area contributed by atoms with Gasteiger partial charge in [0.2, 0.25) is 0 Å². The van der Waals surface area contributed by atoms with Crippen LogP contribution in [0.15, 0.2) is 5.16 Å². The molecule has 5 heteroatoms. The van der Waals surface area contributed by atoms with Crippen molar-refractivity contribution in [2.75, 3.05) is 20.2 Å². The molecule has 5 nitrogen and oxygen atoms in total. The molecule has 0 N–H and O–H groups in total. The van der Waals surface area contributed by atoms with Crippen molar-refractivity contribution in [3.8, 4) is 0 Å². The number of rotatable bonds is 1. The number of likely N-dealkylation sites (tertiary alicyclic amines) is 1. The van der Waals surface area contributed by atoms with Crippen molar-refractivity contribution in [1.29, 1.82) is 0 Å². The maximum Gasteiger partial charge on any atom is 0.410 e. The Kier molecular flexibility index (Phi) is 3.25. The summed E-state index contributed by atoms with van der Waals surface area (Å²) < 4.78 is 5.41. The van der Waals surface area contributed by atoms with Crippen molar-refractivity contribution < 1.29 is 14.4 Å². The van der Waals surface area contributed by atoms with Crippen LogP contribution in [0.5, 0.6) is 0 Å². The largest absolute Gasteiger partial charge is 0.444 e. The molecule has 2 fully saturated rings. The Morgan fingerprint density at radius 2 is 2.06 bits per heavy atom. The van der Waals surface area contributed by atoms with Crippen LogP contribution < -0.4 is 0 Å². The summed E-state index contributed by atoms with van der Waals surface area (Å²) in [5.41, 5.74) is 0.740. The molecule has 2 rings (SSSR count). The first-order chi connectivity index (χ1) is 8.36. The van der Waals surface area contributed by atoms with Gasteiger partial charge in [0.1, 0.15) is 12.7 Å². The monoisotopic (exact) mass is 254 g/mol. The zero-order valence-corrected chi connectivity index (χ0v) is 11.7. The fraction of sp³-hybridized carbons (Fsp3) is 0.846. The number of amides is 1. The Hall–Kier alpha value is -1.26. The minimum Gasteiger partial charge on any atom is -0.444 e. The Labute approximate surface area is 108 Å². The van der Waals surface area contributed by atoms with E-state index in [1.54, 1.807) is 12.0 Å². The number of oxime groups is 1. The molecule has 1 saturated carbocycles. The molecule has 0 aromatic heterocycles. The molecule has 0 aromatic carbocycles. The summed E-state index contributed by atoms with van der Waals surface area (Å²) in [4.78, 5) is 18.7. The van der Waals surface area contributed by atoms with Gasteiger partial charge in [-0.15, -0.1) is 0 Å². The molecule has 1 aliphatic heterocycles. The highest BCUT2D eigenvalue weighted by Crippen LogP contribution is 2.50. The van der Waals surface area contributed by atoms with Gasteiger partial charge in [-0.3, -0.25) is 0 Å². The van der Waals surface area contributed by atoms with Gasteiger partial charge in [-0.1, -0.05) is 5.16 Å². The minimum atomic E-state index is -0.436. The van der Waals surface area contributed by atoms with E-state index in [9.17, 15) is 4.79 Å². The van der Waals surface area contributed by atoms with Crippen LogP contribution in [0.4, 0.5) is 4.79 Å². The van der Waals surface area contributed by atoms with E-state index in [2.05, 4.69) is 5.16 Å². The molecule has 1 saturated heterocycles. The fourth-order valence-electron chi connectivity index (χ4n) is 2.37. The molecule has 0 atom stereocenters. The number of carbonyl (C=O) groups excluding carboxylic acids is 1. The predicted octanol–water partition coefficient (Wildman–Crippen LogP) is 2.41. The third kappa shape index (κ3) is 2.76. The van der Waals surface area contributed by atoms with Gasteiger partial charge in [-0.2, -0.15) is 0 Å². The topological polar surface area (TPSA) is 51.1 Å². The van der Waals surface area contributed by atoms with Crippen LogP contribution in [-0.4, -0.2) is 42.5 Å². The first-order valence-corrected chi connectivity index (χ1v) is 6.45. The van der Waals surface area contributed by atoms with Gasteiger partial charge < -0.3 is 14.5 Å². The van der Waals surface area contributed by atoms with Crippen molar-refractivity contribution >= 4 is 11.8 Å². The second-order valence-electron chi connectivity index (χ2n) is 6.15. The van der Waals surface area contributed by atoms with Crippen LogP contribution in [0, 0.1) is 5.41 Å². The zero-order chi connectivity index (χ0) is 13.4. The van der Waals surface area contributed by atoms with Crippen molar-refractivity contribution in [3.05, 3.63) is 0 Å². The molecular formula is C13H22N2O3. The van der Waals surface area contributed by atoms with Crippen LogP contribution in [-0.2, 0) is 9.57 Å². The Morgan fingerprint density at radius 1 is 1.39 bits per heavy atom. The van der Waals surface area contributed by atoms with Gasteiger partial charge >= 0.3 is 6.09 Å². The molecule has 0 radical (unpaired) electrons. The first-order valence-electron chi connectivity index (χ1n) is 6.45. The number of hydrogen-bond donors (Lipinski definition) is 0. The Bertz CT molecular complexity index is 367. The van der Waals surface area contributed by atoms with Crippen LogP contribution in [0.25, 0.3) is 0 Å². The van der Waals surface area contributed by atoms with Crippen molar-refractivity contribution in [2.45, 2.75) is 45.6 Å². The van der Waals surface area contributed by atoms with Crippen molar-refractivity contribution in [3.63, 3.8) is 0 Å². The first kappa shape index (κ1) is 13.2. The lowest BCUT2D eigenvalue weighted by molar-refractivity contribution is 0.0213. The van der Waals surface area contributed by atoms with Gasteiger partial charge in [-0.25, -0.2) is 4.79 Å². The molecule has 18 heavy (non-hydrogen) atoms. The molecule has 0 unspecified atom stereocenters. The molecule has 2 aliphatic rings. The Balaban J connectivity index is 1.99. The molecular weight excluding hydrogens is 232 g/mol. The summed E-state index contributed by atoms with van der Waals surface area (Å²) in [6, 6.07) is 0. The smallest absolute Gasteiger partial charge is 0.410 e. The lowest BCUT2D eigenvalue weighted by Gasteiger charge is -2.34. The van der Waals surface area contributed by atoms with Crippen molar-refractivity contribution in [2.24, 2.45) is 10.6 Å². The van der Waals surface area contributed by atoms with Crippen LogP contribution >= 0.6 is 0 Å². The second-order valence-corrected chi connectivity index (χ2v) is 6.15. The Morgan fingerprint density at radius 3 is 2.56 bits per heavy atom. The summed E-state index contributed by atoms with van der Waals surface area (Å²) in [5.74, 6) is 0. The summed E-state index contributed by atoms with van der Waals surface area (Å²) in [6.07, 6.45) is 2.75. The molecule has 102 valence electrons. The zero-order valence-electron chi connectivity index (χ0n) is 11.7. The van der Waals surface area contributed by atoms with E-state index in [0.717, 1.165) is 25.0 Å². The average molecular weight is 254 g/mol. The normalized spacial score (nSPS) is 24.2. The number of hydrogen-bond acceptors (Lipinski definition) is 4. The van der Waals surface area contributed by atoms with Crippen LogP contribution in [0.3, 0.4) is 0 Å². The SMILES string of the molecule is CON=C1CCN(C(=O)OC(C)(C)C)CC12CC2. The average Bonchev–Trinajstić information content (AvgIpc) is 3.00. The van der Waals surface area contributed by atoms with Gasteiger partial charge in [0.15, 0.2) is 0 Å². The highest BCUT2D eigenvalue weighted by molar-refractivity contribution is 5.94. The van der Waals surface area contributed by atoms with Crippen LogP contribution in [0.2, 0.25) is 0 Å². The highest BCUT2D eigenvalue weighted by atomic mass is 16.6. The molecule has 0 aromatic rings. The molecule has 1 heterocycles.